The number of nitro groups is 1. The van der Waals surface area contributed by atoms with E-state index in [1.807, 2.05) is 0 Å². The molecule has 0 radical (unpaired) electrons. The third kappa shape index (κ3) is 2.89. The molecule has 2 N–H and O–H groups in total. The molecule has 3 aliphatic carbocycles. The molecule has 3 saturated carbocycles. The second-order valence-electron chi connectivity index (χ2n) is 8.36. The number of rotatable bonds is 5. The highest BCUT2D eigenvalue weighted by atomic mass is 16.6. The number of hydrogen-bond donors (Lipinski definition) is 2. The van der Waals surface area contributed by atoms with Crippen molar-refractivity contribution < 1.29 is 24.4 Å². The molecule has 140 valence electrons. The van der Waals surface area contributed by atoms with Crippen molar-refractivity contribution in [2.24, 2.45) is 5.41 Å². The predicted molar refractivity (Wildman–Crippen MR) is 91.9 cm³/mol. The molecule has 0 aliphatic heterocycles. The van der Waals surface area contributed by atoms with Crippen LogP contribution >= 0.6 is 0 Å². The van der Waals surface area contributed by atoms with Crippen molar-refractivity contribution in [2.45, 2.75) is 57.1 Å². The minimum atomic E-state index is -1.12. The van der Waals surface area contributed by atoms with Crippen LogP contribution < -0.4 is 5.32 Å². The fourth-order valence-electron chi connectivity index (χ4n) is 4.44. The van der Waals surface area contributed by atoms with E-state index >= 15 is 0 Å². The van der Waals surface area contributed by atoms with Crippen LogP contribution in [0.2, 0.25) is 0 Å². The van der Waals surface area contributed by atoms with E-state index in [-0.39, 0.29) is 11.1 Å². The number of nitrogens with one attached hydrogen (secondary N) is 1. The Labute approximate surface area is 150 Å². The first kappa shape index (κ1) is 18.2. The minimum absolute atomic E-state index is 0.0628. The lowest BCUT2D eigenvalue weighted by atomic mass is 9.31. The van der Waals surface area contributed by atoms with Crippen LogP contribution in [0.25, 0.3) is 0 Å². The number of aliphatic carboxylic acids is 1. The monoisotopic (exact) mass is 362 g/mol. The van der Waals surface area contributed by atoms with Crippen molar-refractivity contribution in [3.63, 3.8) is 0 Å². The first-order chi connectivity index (χ1) is 12.0. The number of para-hydroxylation sites is 1. The van der Waals surface area contributed by atoms with Gasteiger partial charge in [-0.2, -0.15) is 0 Å². The van der Waals surface area contributed by atoms with Crippen LogP contribution in [0.15, 0.2) is 24.3 Å². The normalized spacial score (nSPS) is 27.5. The number of carboxylic acid groups (broad SMARTS) is 1. The summed E-state index contributed by atoms with van der Waals surface area (Å²) in [4.78, 5) is 34.5. The van der Waals surface area contributed by atoms with E-state index in [4.69, 9.17) is 4.74 Å². The second kappa shape index (κ2) is 5.69. The summed E-state index contributed by atoms with van der Waals surface area (Å²) in [6.07, 6.45) is 0.724. The zero-order valence-corrected chi connectivity index (χ0v) is 14.9. The summed E-state index contributed by atoms with van der Waals surface area (Å²) >= 11 is 0. The molecule has 1 aromatic rings. The largest absolute Gasteiger partial charge is 0.480 e. The topological polar surface area (TPSA) is 119 Å². The van der Waals surface area contributed by atoms with Gasteiger partial charge in [-0.05, 0) is 40.0 Å². The average molecular weight is 362 g/mol. The number of nitro benzene ring substituents is 1. The van der Waals surface area contributed by atoms with E-state index < -0.39 is 34.0 Å². The summed E-state index contributed by atoms with van der Waals surface area (Å²) < 4.78 is 5.16. The van der Waals surface area contributed by atoms with Crippen LogP contribution in [0, 0.1) is 15.5 Å². The third-order valence-corrected chi connectivity index (χ3v) is 5.26. The summed E-state index contributed by atoms with van der Waals surface area (Å²) in [5, 5.41) is 23.3. The smallest absolute Gasteiger partial charge is 0.408 e. The maximum absolute atomic E-state index is 12.0. The molecule has 0 spiro atoms. The number of amides is 1. The van der Waals surface area contributed by atoms with Crippen molar-refractivity contribution in [2.75, 3.05) is 0 Å². The van der Waals surface area contributed by atoms with Gasteiger partial charge in [-0.15, -0.1) is 0 Å². The Bertz CT molecular complexity index is 762. The Morgan fingerprint density at radius 3 is 2.35 bits per heavy atom. The van der Waals surface area contributed by atoms with Gasteiger partial charge in [0.05, 0.1) is 4.92 Å². The molecular formula is C18H22N2O6. The Morgan fingerprint density at radius 2 is 1.85 bits per heavy atom. The summed E-state index contributed by atoms with van der Waals surface area (Å²) in [6, 6.07) is 5.51. The fraction of sp³-hybridized carbons (Fsp3) is 0.556. The molecule has 0 saturated heterocycles. The number of carbonyl (C=O) groups is 2. The van der Waals surface area contributed by atoms with E-state index in [1.54, 1.807) is 39.0 Å². The number of ether oxygens (including phenoxy) is 1. The molecule has 0 aromatic heterocycles. The van der Waals surface area contributed by atoms with Crippen molar-refractivity contribution in [1.29, 1.82) is 0 Å². The van der Waals surface area contributed by atoms with Gasteiger partial charge in [-0.3, -0.25) is 10.1 Å². The first-order valence-electron chi connectivity index (χ1n) is 8.44. The first-order valence-corrected chi connectivity index (χ1v) is 8.44. The Morgan fingerprint density at radius 1 is 1.27 bits per heavy atom. The molecule has 1 amide bonds. The third-order valence-electron chi connectivity index (χ3n) is 5.26. The zero-order chi connectivity index (χ0) is 19.3. The van der Waals surface area contributed by atoms with Gasteiger partial charge in [0, 0.05) is 22.5 Å². The SMILES string of the molecule is CC(C)(C)OC(=O)NC(C(=O)O)C12CC(c3ccccc3[N+](=O)[O-])(C1)C2. The molecule has 26 heavy (non-hydrogen) atoms. The van der Waals surface area contributed by atoms with Crippen LogP contribution in [0.3, 0.4) is 0 Å². The minimum Gasteiger partial charge on any atom is -0.480 e. The summed E-state index contributed by atoms with van der Waals surface area (Å²) in [5.74, 6) is -1.12. The molecule has 0 heterocycles. The standard InChI is InChI=1S/C18H22N2O6/c1-16(2,3)26-15(23)19-13(14(21)22)18-8-17(9-18,10-18)11-6-4-5-7-12(11)20(24)25/h4-7,13H,8-10H2,1-3H3,(H,19,23)(H,21,22). The molecule has 3 aliphatic rings. The number of carbonyl (C=O) groups excluding carboxylic acids is 1. The maximum Gasteiger partial charge on any atom is 0.408 e. The molecule has 8 heteroatoms. The van der Waals surface area contributed by atoms with Gasteiger partial charge in [0.2, 0.25) is 0 Å². The summed E-state index contributed by atoms with van der Waals surface area (Å²) in [7, 11) is 0. The van der Waals surface area contributed by atoms with Gasteiger partial charge in [-0.1, -0.05) is 18.2 Å². The lowest BCUT2D eigenvalue weighted by Crippen LogP contribution is -2.73. The molecule has 4 rings (SSSR count). The number of carboxylic acids is 1. The highest BCUT2D eigenvalue weighted by molar-refractivity contribution is 5.82. The van der Waals surface area contributed by atoms with Crippen molar-refractivity contribution in [1.82, 2.24) is 5.32 Å². The van der Waals surface area contributed by atoms with Gasteiger partial charge in [0.25, 0.3) is 5.69 Å². The highest BCUT2D eigenvalue weighted by Crippen LogP contribution is 2.75. The Balaban J connectivity index is 1.74. The van der Waals surface area contributed by atoms with Gasteiger partial charge in [0.1, 0.15) is 11.6 Å². The van der Waals surface area contributed by atoms with Crippen molar-refractivity contribution in [3.8, 4) is 0 Å². The number of benzene rings is 1. The van der Waals surface area contributed by atoms with E-state index in [2.05, 4.69) is 5.32 Å². The zero-order valence-electron chi connectivity index (χ0n) is 14.9. The molecule has 1 aromatic carbocycles. The van der Waals surface area contributed by atoms with Gasteiger partial charge >= 0.3 is 12.1 Å². The van der Waals surface area contributed by atoms with E-state index in [0.717, 1.165) is 0 Å². The highest BCUT2D eigenvalue weighted by Gasteiger charge is 2.73. The van der Waals surface area contributed by atoms with Crippen molar-refractivity contribution >= 4 is 17.7 Å². The maximum atomic E-state index is 12.0. The number of alkyl carbamates (subject to hydrolysis) is 1. The van der Waals surface area contributed by atoms with Crippen molar-refractivity contribution in [3.05, 3.63) is 39.9 Å². The molecule has 1 unspecified atom stereocenters. The lowest BCUT2D eigenvalue weighted by Gasteiger charge is -2.72. The second-order valence-corrected chi connectivity index (χ2v) is 8.36. The predicted octanol–water partition coefficient (Wildman–Crippen LogP) is 2.99. The number of hydrogen-bond acceptors (Lipinski definition) is 5. The number of nitrogens with zero attached hydrogens (tertiary/aromatic N) is 1. The summed E-state index contributed by atoms with van der Waals surface area (Å²) in [5.41, 5.74) is -0.959. The molecule has 1 atom stereocenters. The van der Waals surface area contributed by atoms with Gasteiger partial charge < -0.3 is 15.2 Å². The molecule has 3 fully saturated rings. The molecule has 2 bridgehead atoms. The average Bonchev–Trinajstić information content (AvgIpc) is 2.41. The van der Waals surface area contributed by atoms with E-state index in [0.29, 0.717) is 24.8 Å². The van der Waals surface area contributed by atoms with Crippen LogP contribution in [0.1, 0.15) is 45.6 Å². The molecular weight excluding hydrogens is 340 g/mol. The quantitative estimate of drug-likeness (QED) is 0.614. The fourth-order valence-corrected chi connectivity index (χ4v) is 4.44. The van der Waals surface area contributed by atoms with Crippen LogP contribution in [0.4, 0.5) is 10.5 Å². The lowest BCUT2D eigenvalue weighted by molar-refractivity contribution is -0.387. The van der Waals surface area contributed by atoms with Crippen LogP contribution in [-0.2, 0) is 14.9 Å². The van der Waals surface area contributed by atoms with Crippen LogP contribution in [0.5, 0.6) is 0 Å². The van der Waals surface area contributed by atoms with Crippen LogP contribution in [-0.4, -0.2) is 33.7 Å². The summed E-state index contributed by atoms with van der Waals surface area (Å²) in [6.45, 7) is 5.10. The Hall–Kier alpha value is -2.64. The van der Waals surface area contributed by atoms with Gasteiger partial charge in [-0.25, -0.2) is 9.59 Å². The Kier molecular flexibility index (Phi) is 3.97. The van der Waals surface area contributed by atoms with E-state index in [9.17, 15) is 24.8 Å². The molecule has 8 nitrogen and oxygen atoms in total. The van der Waals surface area contributed by atoms with Gasteiger partial charge in [0.15, 0.2) is 0 Å². The van der Waals surface area contributed by atoms with E-state index in [1.165, 1.54) is 6.07 Å².